The molecule has 0 aromatic carbocycles. The van der Waals surface area contributed by atoms with Gasteiger partial charge in [0.15, 0.2) is 0 Å². The van der Waals surface area contributed by atoms with Gasteiger partial charge in [-0.1, -0.05) is 0 Å². The van der Waals surface area contributed by atoms with Gasteiger partial charge in [-0.3, -0.25) is 4.79 Å². The fraction of sp³-hybridized carbons (Fsp3) is 0.692. The molecule has 3 atom stereocenters. The number of carbonyl (C=O) groups excluding carboxylic acids is 1. The van der Waals surface area contributed by atoms with Crippen LogP contribution in [0.15, 0.2) is 12.4 Å². The van der Waals surface area contributed by atoms with Crippen molar-refractivity contribution in [1.82, 2.24) is 14.9 Å². The second kappa shape index (κ2) is 6.41. The molecule has 1 N–H and O–H groups in total. The minimum atomic E-state index is -0.125. The molecular weight excluding hydrogens is 294 g/mol. The van der Waals surface area contributed by atoms with E-state index >= 15 is 0 Å². The summed E-state index contributed by atoms with van der Waals surface area (Å²) in [5.41, 5.74) is 0. The Balaban J connectivity index is 1.64. The molecule has 2 saturated heterocycles. The number of hydrogen-bond donors (Lipinski definition) is 1. The molecule has 1 aromatic rings. The van der Waals surface area contributed by atoms with Crippen LogP contribution >= 0.6 is 23.5 Å². The average molecular weight is 313 g/mol. The molecule has 1 unspecified atom stereocenters. The van der Waals surface area contributed by atoms with E-state index in [9.17, 15) is 4.79 Å². The normalized spacial score (nSPS) is 30.4. The van der Waals surface area contributed by atoms with Gasteiger partial charge in [-0.15, -0.1) is 11.8 Å². The zero-order chi connectivity index (χ0) is 13.9. The topological polar surface area (TPSA) is 56.1 Å². The van der Waals surface area contributed by atoms with Crippen molar-refractivity contribution in [2.45, 2.75) is 23.8 Å². The fourth-order valence-electron chi connectivity index (χ4n) is 2.56. The first kappa shape index (κ1) is 14.3. The largest absolute Gasteiger partial charge is 0.368 e. The molecule has 2 aliphatic heterocycles. The maximum Gasteiger partial charge on any atom is 0.234 e. The predicted octanol–water partition coefficient (Wildman–Crippen LogP) is 1.21. The monoisotopic (exact) mass is 313 g/mol. The van der Waals surface area contributed by atoms with E-state index in [4.69, 9.17) is 4.74 Å². The van der Waals surface area contributed by atoms with Crippen molar-refractivity contribution >= 4 is 29.4 Å². The highest BCUT2D eigenvalue weighted by atomic mass is 32.2. The van der Waals surface area contributed by atoms with Crippen LogP contribution in [0.3, 0.4) is 0 Å². The Morgan fingerprint density at radius 1 is 1.55 bits per heavy atom. The third-order valence-corrected chi connectivity index (χ3v) is 6.39. The lowest BCUT2D eigenvalue weighted by Gasteiger charge is -2.24. The van der Waals surface area contributed by atoms with Crippen molar-refractivity contribution in [3.05, 3.63) is 18.2 Å². The summed E-state index contributed by atoms with van der Waals surface area (Å²) in [7, 11) is 1.95. The summed E-state index contributed by atoms with van der Waals surface area (Å²) in [6, 6.07) is 0.0381. The van der Waals surface area contributed by atoms with E-state index < -0.39 is 0 Å². The van der Waals surface area contributed by atoms with Crippen LogP contribution in [0.2, 0.25) is 0 Å². The Morgan fingerprint density at radius 3 is 3.15 bits per heavy atom. The van der Waals surface area contributed by atoms with Crippen LogP contribution in [-0.4, -0.2) is 50.6 Å². The van der Waals surface area contributed by atoms with Gasteiger partial charge in [-0.05, 0) is 6.42 Å². The molecule has 20 heavy (non-hydrogen) atoms. The lowest BCUT2D eigenvalue weighted by Crippen LogP contribution is -2.43. The number of aryl methyl sites for hydroxylation is 1. The number of nitrogens with one attached hydrogen (secondary N) is 1. The quantitative estimate of drug-likeness (QED) is 0.909. The third kappa shape index (κ3) is 2.99. The smallest absolute Gasteiger partial charge is 0.234 e. The van der Waals surface area contributed by atoms with Gasteiger partial charge in [-0.25, -0.2) is 4.98 Å². The number of ether oxygens (including phenoxy) is 1. The Bertz CT molecular complexity index is 474. The minimum Gasteiger partial charge on any atom is -0.368 e. The molecule has 3 heterocycles. The number of rotatable bonds is 3. The van der Waals surface area contributed by atoms with Gasteiger partial charge in [0.1, 0.15) is 11.9 Å². The summed E-state index contributed by atoms with van der Waals surface area (Å²) in [6.07, 6.45) is 4.40. The molecule has 0 bridgehead atoms. The zero-order valence-electron chi connectivity index (χ0n) is 11.4. The van der Waals surface area contributed by atoms with Crippen molar-refractivity contribution in [2.24, 2.45) is 7.05 Å². The molecule has 1 amide bonds. The molecule has 2 fully saturated rings. The molecule has 2 aliphatic rings. The van der Waals surface area contributed by atoms with E-state index in [0.717, 1.165) is 29.5 Å². The summed E-state index contributed by atoms with van der Waals surface area (Å²) in [6.45, 7) is 0.676. The number of nitrogens with zero attached hydrogens (tertiary/aromatic N) is 2. The first-order valence-electron chi connectivity index (χ1n) is 6.84. The van der Waals surface area contributed by atoms with Gasteiger partial charge in [-0.2, -0.15) is 11.8 Å². The van der Waals surface area contributed by atoms with Crippen molar-refractivity contribution in [2.75, 3.05) is 23.9 Å². The summed E-state index contributed by atoms with van der Waals surface area (Å²) in [5.74, 6) is 4.16. The summed E-state index contributed by atoms with van der Waals surface area (Å²) in [5, 5.41) is 3.24. The molecule has 110 valence electrons. The summed E-state index contributed by atoms with van der Waals surface area (Å²) in [4.78, 5) is 16.7. The van der Waals surface area contributed by atoms with Crippen LogP contribution in [0.1, 0.15) is 18.3 Å². The van der Waals surface area contributed by atoms with Crippen LogP contribution in [0.25, 0.3) is 0 Å². The van der Waals surface area contributed by atoms with Crippen LogP contribution in [0.5, 0.6) is 0 Å². The first-order valence-corrected chi connectivity index (χ1v) is 9.04. The zero-order valence-corrected chi connectivity index (χ0v) is 13.1. The van der Waals surface area contributed by atoms with Crippen LogP contribution in [0, 0.1) is 0 Å². The van der Waals surface area contributed by atoms with Crippen LogP contribution < -0.4 is 5.32 Å². The molecule has 0 aliphatic carbocycles. The fourth-order valence-corrected chi connectivity index (χ4v) is 5.12. The maximum absolute atomic E-state index is 12.3. The highest BCUT2D eigenvalue weighted by molar-refractivity contribution is 8.07. The lowest BCUT2D eigenvalue weighted by molar-refractivity contribution is -0.121. The highest BCUT2D eigenvalue weighted by Gasteiger charge is 2.35. The lowest BCUT2D eigenvalue weighted by atomic mass is 10.1. The second-order valence-corrected chi connectivity index (χ2v) is 7.49. The number of hydrogen-bond acceptors (Lipinski definition) is 5. The SMILES string of the molecule is Cn1ccnc1[C@H]1OCC[C@@H]1NC(=O)C1CSCCS1. The van der Waals surface area contributed by atoms with Crippen LogP contribution in [-0.2, 0) is 16.6 Å². The molecule has 7 heteroatoms. The number of aromatic nitrogens is 2. The van der Waals surface area contributed by atoms with E-state index in [1.807, 2.05) is 29.6 Å². The van der Waals surface area contributed by atoms with Crippen LogP contribution in [0.4, 0.5) is 0 Å². The predicted molar refractivity (Wildman–Crippen MR) is 82.0 cm³/mol. The first-order chi connectivity index (χ1) is 9.75. The molecule has 3 rings (SSSR count). The van der Waals surface area contributed by atoms with Gasteiger partial charge < -0.3 is 14.6 Å². The van der Waals surface area contributed by atoms with Gasteiger partial charge in [0.05, 0.1) is 11.3 Å². The molecular formula is C13H19N3O2S2. The van der Waals surface area contributed by atoms with Crippen molar-refractivity contribution in [3.63, 3.8) is 0 Å². The van der Waals surface area contributed by atoms with Gasteiger partial charge >= 0.3 is 0 Å². The summed E-state index contributed by atoms with van der Waals surface area (Å²) < 4.78 is 7.73. The van der Waals surface area contributed by atoms with E-state index in [1.54, 1.807) is 18.0 Å². The number of amides is 1. The van der Waals surface area contributed by atoms with Gasteiger partial charge in [0, 0.05) is 43.3 Å². The van der Waals surface area contributed by atoms with Gasteiger partial charge in [0.25, 0.3) is 0 Å². The minimum absolute atomic E-state index is 0.0381. The molecule has 5 nitrogen and oxygen atoms in total. The Kier molecular flexibility index (Phi) is 4.58. The molecule has 1 aromatic heterocycles. The highest BCUT2D eigenvalue weighted by Crippen LogP contribution is 2.29. The third-order valence-electron chi connectivity index (χ3n) is 3.64. The van der Waals surface area contributed by atoms with E-state index in [1.165, 1.54) is 0 Å². The van der Waals surface area contributed by atoms with Crippen molar-refractivity contribution in [1.29, 1.82) is 0 Å². The van der Waals surface area contributed by atoms with Gasteiger partial charge in [0.2, 0.25) is 5.91 Å². The molecule has 0 saturated carbocycles. The Labute approximate surface area is 127 Å². The molecule has 0 spiro atoms. The Hall–Kier alpha value is -0.660. The van der Waals surface area contributed by atoms with E-state index in [0.29, 0.717) is 6.61 Å². The summed E-state index contributed by atoms with van der Waals surface area (Å²) >= 11 is 3.62. The maximum atomic E-state index is 12.3. The Morgan fingerprint density at radius 2 is 2.45 bits per heavy atom. The second-order valence-electron chi connectivity index (χ2n) is 5.03. The standard InChI is InChI=1S/C13H19N3O2S2/c1-16-4-3-14-12(16)11-9(2-5-18-11)15-13(17)10-8-19-6-7-20-10/h3-4,9-11H,2,5-8H2,1H3,(H,15,17)/t9-,10?,11-/m0/s1. The van der Waals surface area contributed by atoms with Crippen molar-refractivity contribution < 1.29 is 9.53 Å². The number of imidazole rings is 1. The molecule has 0 radical (unpaired) electrons. The van der Waals surface area contributed by atoms with E-state index in [-0.39, 0.29) is 23.3 Å². The number of thioether (sulfide) groups is 2. The van der Waals surface area contributed by atoms with Crippen molar-refractivity contribution in [3.8, 4) is 0 Å². The van der Waals surface area contributed by atoms with E-state index in [2.05, 4.69) is 10.3 Å². The number of carbonyl (C=O) groups is 1. The average Bonchev–Trinajstić information content (AvgIpc) is 3.08.